The second-order valence-electron chi connectivity index (χ2n) is 6.17. The van der Waals surface area contributed by atoms with Gasteiger partial charge in [-0.15, -0.1) is 0 Å². The van der Waals surface area contributed by atoms with E-state index in [1.165, 1.54) is 30.9 Å². The Bertz CT molecular complexity index is 974. The van der Waals surface area contributed by atoms with E-state index in [2.05, 4.69) is 25.3 Å². The van der Waals surface area contributed by atoms with Gasteiger partial charge >= 0.3 is 0 Å². The van der Waals surface area contributed by atoms with E-state index < -0.39 is 0 Å². The molecule has 1 fully saturated rings. The van der Waals surface area contributed by atoms with Crippen molar-refractivity contribution in [1.82, 2.24) is 25.3 Å². The van der Waals surface area contributed by atoms with Crippen LogP contribution in [0.3, 0.4) is 0 Å². The predicted octanol–water partition coefficient (Wildman–Crippen LogP) is 1.95. The highest BCUT2D eigenvalue weighted by Gasteiger charge is 2.19. The first kappa shape index (κ1) is 17.8. The number of hydrogen-bond acceptors (Lipinski definition) is 8. The van der Waals surface area contributed by atoms with Crippen LogP contribution in [0, 0.1) is 0 Å². The lowest BCUT2D eigenvalue weighted by Crippen LogP contribution is -2.35. The third-order valence-corrected chi connectivity index (χ3v) is 4.12. The molecule has 4 heterocycles. The molecule has 1 amide bonds. The van der Waals surface area contributed by atoms with Gasteiger partial charge in [-0.05, 0) is 24.6 Å². The second-order valence-corrected chi connectivity index (χ2v) is 6.17. The number of ether oxygens (including phenoxy) is 2. The largest absolute Gasteiger partial charge is 0.503 e. The first-order valence-electron chi connectivity index (χ1n) is 8.67. The normalized spacial score (nSPS) is 15.9. The van der Waals surface area contributed by atoms with E-state index >= 15 is 0 Å². The molecule has 0 aliphatic carbocycles. The number of nitrogens with zero attached hydrogens (tertiary/aromatic N) is 4. The van der Waals surface area contributed by atoms with Crippen LogP contribution in [0.1, 0.15) is 16.8 Å². The lowest BCUT2D eigenvalue weighted by Gasteiger charge is -2.10. The molecule has 0 bridgehead atoms. The summed E-state index contributed by atoms with van der Waals surface area (Å²) < 4.78 is 10.8. The SMILES string of the molecule is O=C(N[C@H]1CCOC1)c1cnc(-c2cncc(Oc3ncccc3O)c2)nc1. The van der Waals surface area contributed by atoms with E-state index in [1.807, 2.05) is 0 Å². The molecular formula is C19H17N5O4. The van der Waals surface area contributed by atoms with Gasteiger partial charge in [-0.1, -0.05) is 0 Å². The fourth-order valence-electron chi connectivity index (χ4n) is 2.68. The van der Waals surface area contributed by atoms with Gasteiger partial charge in [0.25, 0.3) is 11.8 Å². The Morgan fingerprint density at radius 2 is 2.07 bits per heavy atom. The molecule has 0 radical (unpaired) electrons. The molecule has 0 unspecified atom stereocenters. The summed E-state index contributed by atoms with van der Waals surface area (Å²) in [6.45, 7) is 1.18. The molecule has 1 saturated heterocycles. The van der Waals surface area contributed by atoms with Crippen LogP contribution in [0.15, 0.2) is 49.2 Å². The van der Waals surface area contributed by atoms with Crippen LogP contribution in [0.5, 0.6) is 17.4 Å². The van der Waals surface area contributed by atoms with Crippen LogP contribution in [0.2, 0.25) is 0 Å². The Morgan fingerprint density at radius 3 is 2.82 bits per heavy atom. The molecule has 3 aromatic rings. The highest BCUT2D eigenvalue weighted by Crippen LogP contribution is 2.28. The van der Waals surface area contributed by atoms with Gasteiger partial charge in [-0.3, -0.25) is 9.78 Å². The smallest absolute Gasteiger partial charge is 0.262 e. The molecule has 1 aliphatic rings. The maximum atomic E-state index is 12.2. The molecule has 2 N–H and O–H groups in total. The van der Waals surface area contributed by atoms with Gasteiger partial charge in [0.05, 0.1) is 24.4 Å². The van der Waals surface area contributed by atoms with Crippen LogP contribution in [0.25, 0.3) is 11.4 Å². The van der Waals surface area contributed by atoms with Gasteiger partial charge < -0.3 is 19.9 Å². The highest BCUT2D eigenvalue weighted by molar-refractivity contribution is 5.93. The summed E-state index contributed by atoms with van der Waals surface area (Å²) in [6.07, 6.45) is 8.31. The maximum absolute atomic E-state index is 12.2. The van der Waals surface area contributed by atoms with Gasteiger partial charge in [0.15, 0.2) is 11.6 Å². The minimum Gasteiger partial charge on any atom is -0.503 e. The predicted molar refractivity (Wildman–Crippen MR) is 97.9 cm³/mol. The number of hydrogen-bond donors (Lipinski definition) is 2. The summed E-state index contributed by atoms with van der Waals surface area (Å²) in [7, 11) is 0. The van der Waals surface area contributed by atoms with Crippen molar-refractivity contribution in [2.24, 2.45) is 0 Å². The van der Waals surface area contributed by atoms with Crippen molar-refractivity contribution in [2.75, 3.05) is 13.2 Å². The Labute approximate surface area is 160 Å². The third-order valence-electron chi connectivity index (χ3n) is 4.12. The Morgan fingerprint density at radius 1 is 1.21 bits per heavy atom. The van der Waals surface area contributed by atoms with Crippen LogP contribution in [-0.4, -0.2) is 50.2 Å². The lowest BCUT2D eigenvalue weighted by atomic mass is 10.2. The monoisotopic (exact) mass is 379 g/mol. The number of aromatic hydroxyl groups is 1. The zero-order valence-corrected chi connectivity index (χ0v) is 14.8. The summed E-state index contributed by atoms with van der Waals surface area (Å²) in [6, 6.07) is 4.77. The summed E-state index contributed by atoms with van der Waals surface area (Å²) in [5, 5.41) is 12.7. The topological polar surface area (TPSA) is 119 Å². The minimum absolute atomic E-state index is 0.0215. The molecule has 0 spiro atoms. The molecule has 9 heteroatoms. The van der Waals surface area contributed by atoms with E-state index in [4.69, 9.17) is 9.47 Å². The van der Waals surface area contributed by atoms with Crippen molar-refractivity contribution in [1.29, 1.82) is 0 Å². The fraction of sp³-hybridized carbons (Fsp3) is 0.211. The Kier molecular flexibility index (Phi) is 5.07. The van der Waals surface area contributed by atoms with Crippen LogP contribution in [-0.2, 0) is 4.74 Å². The first-order chi connectivity index (χ1) is 13.7. The fourth-order valence-corrected chi connectivity index (χ4v) is 2.68. The van der Waals surface area contributed by atoms with E-state index in [9.17, 15) is 9.90 Å². The van der Waals surface area contributed by atoms with E-state index in [-0.39, 0.29) is 23.6 Å². The number of pyridine rings is 2. The van der Waals surface area contributed by atoms with Crippen LogP contribution >= 0.6 is 0 Å². The molecule has 1 aliphatic heterocycles. The second kappa shape index (κ2) is 7.97. The maximum Gasteiger partial charge on any atom is 0.262 e. The van der Waals surface area contributed by atoms with E-state index in [0.717, 1.165) is 6.42 Å². The highest BCUT2D eigenvalue weighted by atomic mass is 16.5. The van der Waals surface area contributed by atoms with Gasteiger partial charge in [0.2, 0.25) is 0 Å². The molecule has 4 rings (SSSR count). The molecule has 9 nitrogen and oxygen atoms in total. The molecule has 142 valence electrons. The number of amides is 1. The van der Waals surface area contributed by atoms with Gasteiger partial charge in [-0.2, -0.15) is 0 Å². The van der Waals surface area contributed by atoms with Gasteiger partial charge in [0.1, 0.15) is 5.75 Å². The van der Waals surface area contributed by atoms with Gasteiger partial charge in [-0.25, -0.2) is 15.0 Å². The van der Waals surface area contributed by atoms with Crippen molar-refractivity contribution in [2.45, 2.75) is 12.5 Å². The molecule has 1 atom stereocenters. The lowest BCUT2D eigenvalue weighted by molar-refractivity contribution is 0.0929. The van der Waals surface area contributed by atoms with Crippen molar-refractivity contribution in [3.63, 3.8) is 0 Å². The molecule has 0 saturated carbocycles. The number of nitrogens with one attached hydrogen (secondary N) is 1. The molecule has 28 heavy (non-hydrogen) atoms. The summed E-state index contributed by atoms with van der Waals surface area (Å²) >= 11 is 0. The zero-order chi connectivity index (χ0) is 19.3. The number of rotatable bonds is 5. The summed E-state index contributed by atoms with van der Waals surface area (Å²) in [5.41, 5.74) is 0.971. The standard InChI is InChI=1S/C19H17N5O4/c25-16-2-1-4-21-19(16)28-15-6-12(7-20-10-15)17-22-8-13(9-23-17)18(26)24-14-3-5-27-11-14/h1-2,4,6-10,14,25H,3,5,11H2,(H,24,26)/t14-/m0/s1. The van der Waals surface area contributed by atoms with Crippen molar-refractivity contribution < 1.29 is 19.4 Å². The summed E-state index contributed by atoms with van der Waals surface area (Å²) in [5.74, 6) is 0.530. The van der Waals surface area contributed by atoms with Crippen molar-refractivity contribution >= 4 is 5.91 Å². The number of carbonyl (C=O) groups excluding carboxylic acids is 1. The molecule has 0 aromatic carbocycles. The van der Waals surface area contributed by atoms with Crippen LogP contribution in [0.4, 0.5) is 0 Å². The average molecular weight is 379 g/mol. The van der Waals surface area contributed by atoms with Crippen molar-refractivity contribution in [3.05, 3.63) is 54.7 Å². The Balaban J connectivity index is 1.48. The van der Waals surface area contributed by atoms with Gasteiger partial charge in [0, 0.05) is 37.0 Å². The van der Waals surface area contributed by atoms with Crippen molar-refractivity contribution in [3.8, 4) is 28.8 Å². The number of aromatic nitrogens is 4. The third kappa shape index (κ3) is 4.04. The number of carbonyl (C=O) groups is 1. The molecule has 3 aromatic heterocycles. The quantitative estimate of drug-likeness (QED) is 0.690. The summed E-state index contributed by atoms with van der Waals surface area (Å²) in [4.78, 5) is 28.8. The zero-order valence-electron chi connectivity index (χ0n) is 14.8. The molecular weight excluding hydrogens is 362 g/mol. The van der Waals surface area contributed by atoms with Crippen LogP contribution < -0.4 is 10.1 Å². The van der Waals surface area contributed by atoms with E-state index in [1.54, 1.807) is 18.3 Å². The minimum atomic E-state index is -0.233. The average Bonchev–Trinajstić information content (AvgIpc) is 3.23. The first-order valence-corrected chi connectivity index (χ1v) is 8.67. The van der Waals surface area contributed by atoms with E-state index in [0.29, 0.717) is 35.9 Å². The Hall–Kier alpha value is -3.59.